The molecule has 5 heteroatoms. The number of fused-ring (bicyclic) bond motifs is 1. The number of ether oxygens (including phenoxy) is 1. The molecule has 5 nitrogen and oxygen atoms in total. The first-order chi connectivity index (χ1) is 9.62. The van der Waals surface area contributed by atoms with Gasteiger partial charge in [0.15, 0.2) is 0 Å². The molecule has 3 aliphatic rings. The second-order valence-electron chi connectivity index (χ2n) is 5.50. The smallest absolute Gasteiger partial charge is 0.310 e. The maximum Gasteiger partial charge on any atom is 0.310 e. The van der Waals surface area contributed by atoms with Crippen LogP contribution in [0, 0.1) is 11.8 Å². The Morgan fingerprint density at radius 3 is 2.80 bits per heavy atom. The minimum absolute atomic E-state index is 0.157. The van der Waals surface area contributed by atoms with Gasteiger partial charge in [-0.05, 0) is 12.1 Å². The summed E-state index contributed by atoms with van der Waals surface area (Å²) in [5.74, 6) is -2.51. The number of benzene rings is 1. The highest BCUT2D eigenvalue weighted by Crippen LogP contribution is 2.52. The second kappa shape index (κ2) is 3.70. The van der Waals surface area contributed by atoms with Gasteiger partial charge in [-0.3, -0.25) is 9.59 Å². The number of carboxylic acid groups (broad SMARTS) is 1. The molecule has 2 bridgehead atoms. The number of carbonyl (C=O) groups is 2. The Hall–Kier alpha value is -2.14. The molecule has 0 aromatic heterocycles. The van der Waals surface area contributed by atoms with Crippen molar-refractivity contribution in [3.8, 4) is 0 Å². The van der Waals surface area contributed by atoms with Gasteiger partial charge in [-0.1, -0.05) is 30.4 Å². The van der Waals surface area contributed by atoms with Crippen molar-refractivity contribution in [3.05, 3.63) is 42.5 Å². The van der Waals surface area contributed by atoms with Crippen LogP contribution in [0.15, 0.2) is 42.5 Å². The fraction of sp³-hybridized carbons (Fsp3) is 0.333. The monoisotopic (exact) mass is 271 g/mol. The summed E-state index contributed by atoms with van der Waals surface area (Å²) in [6, 6.07) is 9.29. The Labute approximate surface area is 115 Å². The van der Waals surface area contributed by atoms with Crippen molar-refractivity contribution in [1.29, 1.82) is 0 Å². The number of para-hydroxylation sites is 1. The van der Waals surface area contributed by atoms with Crippen LogP contribution in [0.1, 0.15) is 0 Å². The van der Waals surface area contributed by atoms with Gasteiger partial charge in [-0.25, -0.2) is 0 Å². The van der Waals surface area contributed by atoms with Crippen molar-refractivity contribution < 1.29 is 19.4 Å². The van der Waals surface area contributed by atoms with Crippen molar-refractivity contribution in [2.75, 3.05) is 11.4 Å². The largest absolute Gasteiger partial charge is 0.481 e. The highest BCUT2D eigenvalue weighted by Gasteiger charge is 2.67. The topological polar surface area (TPSA) is 66.8 Å². The number of hydrogen-bond donors (Lipinski definition) is 1. The fourth-order valence-corrected chi connectivity index (χ4v) is 3.61. The third-order valence-electron chi connectivity index (χ3n) is 4.45. The van der Waals surface area contributed by atoms with Gasteiger partial charge in [-0.15, -0.1) is 0 Å². The van der Waals surface area contributed by atoms with E-state index < -0.39 is 29.5 Å². The Morgan fingerprint density at radius 1 is 1.35 bits per heavy atom. The predicted molar refractivity (Wildman–Crippen MR) is 70.2 cm³/mol. The molecule has 4 unspecified atom stereocenters. The second-order valence-corrected chi connectivity index (χ2v) is 5.50. The first-order valence-corrected chi connectivity index (χ1v) is 6.59. The van der Waals surface area contributed by atoms with Gasteiger partial charge in [0.2, 0.25) is 5.91 Å². The lowest BCUT2D eigenvalue weighted by Crippen LogP contribution is -2.39. The summed E-state index contributed by atoms with van der Waals surface area (Å²) >= 11 is 0. The van der Waals surface area contributed by atoms with Crippen LogP contribution in [0.3, 0.4) is 0 Å². The van der Waals surface area contributed by atoms with E-state index in [-0.39, 0.29) is 5.91 Å². The van der Waals surface area contributed by atoms with E-state index in [9.17, 15) is 14.7 Å². The summed E-state index contributed by atoms with van der Waals surface area (Å²) in [5, 5.41) is 9.37. The van der Waals surface area contributed by atoms with E-state index in [4.69, 9.17) is 4.74 Å². The molecule has 1 aromatic carbocycles. The molecule has 1 spiro atoms. The Bertz CT molecular complexity index is 626. The molecule has 20 heavy (non-hydrogen) atoms. The highest BCUT2D eigenvalue weighted by atomic mass is 16.5. The molecule has 2 fully saturated rings. The van der Waals surface area contributed by atoms with Gasteiger partial charge in [0.05, 0.1) is 18.6 Å². The standard InChI is InChI=1S/C15H13NO4/c17-13-12-11(14(18)19)10-6-7-15(12,20-10)8-16(13)9-4-2-1-3-5-9/h1-7,10-12H,8H2,(H,18,19). The molecule has 1 N–H and O–H groups in total. The summed E-state index contributed by atoms with van der Waals surface area (Å²) in [7, 11) is 0. The molecule has 3 aliphatic heterocycles. The third-order valence-corrected chi connectivity index (χ3v) is 4.45. The molecule has 4 rings (SSSR count). The number of aliphatic carboxylic acids is 1. The number of carboxylic acids is 1. The molecule has 0 radical (unpaired) electrons. The molecule has 2 saturated heterocycles. The van der Waals surface area contributed by atoms with Crippen molar-refractivity contribution >= 4 is 17.6 Å². The van der Waals surface area contributed by atoms with Crippen molar-refractivity contribution in [1.82, 2.24) is 0 Å². The minimum Gasteiger partial charge on any atom is -0.481 e. The van der Waals surface area contributed by atoms with Gasteiger partial charge in [0, 0.05) is 5.69 Å². The molecule has 0 aliphatic carbocycles. The number of anilines is 1. The number of hydrogen-bond acceptors (Lipinski definition) is 3. The Kier molecular flexibility index (Phi) is 2.16. The summed E-state index contributed by atoms with van der Waals surface area (Å²) in [4.78, 5) is 25.7. The summed E-state index contributed by atoms with van der Waals surface area (Å²) in [6.45, 7) is 0.386. The molecule has 102 valence electrons. The van der Waals surface area contributed by atoms with Gasteiger partial charge in [-0.2, -0.15) is 0 Å². The zero-order chi connectivity index (χ0) is 13.9. The van der Waals surface area contributed by atoms with Crippen LogP contribution in [0.2, 0.25) is 0 Å². The molecule has 1 aromatic rings. The van der Waals surface area contributed by atoms with Gasteiger partial charge in [0.25, 0.3) is 0 Å². The summed E-state index contributed by atoms with van der Waals surface area (Å²) < 4.78 is 5.83. The molecule has 1 amide bonds. The van der Waals surface area contributed by atoms with E-state index >= 15 is 0 Å². The van der Waals surface area contributed by atoms with Crippen molar-refractivity contribution in [2.24, 2.45) is 11.8 Å². The zero-order valence-corrected chi connectivity index (χ0v) is 10.6. The zero-order valence-electron chi connectivity index (χ0n) is 10.6. The van der Waals surface area contributed by atoms with Crippen molar-refractivity contribution in [3.63, 3.8) is 0 Å². The van der Waals surface area contributed by atoms with E-state index in [0.29, 0.717) is 6.54 Å². The molecule has 3 heterocycles. The van der Waals surface area contributed by atoms with E-state index in [0.717, 1.165) is 5.69 Å². The van der Waals surface area contributed by atoms with Crippen LogP contribution in [0.25, 0.3) is 0 Å². The van der Waals surface area contributed by atoms with Crippen LogP contribution in [-0.2, 0) is 14.3 Å². The molecular formula is C15H13NO4. The predicted octanol–water partition coefficient (Wildman–Crippen LogP) is 1.06. The third kappa shape index (κ3) is 1.30. The van der Waals surface area contributed by atoms with E-state index in [2.05, 4.69) is 0 Å². The average Bonchev–Trinajstić information content (AvgIpc) is 3.08. The van der Waals surface area contributed by atoms with E-state index in [1.165, 1.54) is 0 Å². The Morgan fingerprint density at radius 2 is 2.10 bits per heavy atom. The SMILES string of the molecule is O=C(O)C1C2C=CC3(CN(c4ccccc4)C(=O)C13)O2. The molecule has 0 saturated carbocycles. The highest BCUT2D eigenvalue weighted by molar-refractivity contribution is 6.02. The van der Waals surface area contributed by atoms with Crippen LogP contribution in [0.4, 0.5) is 5.69 Å². The number of rotatable bonds is 2. The lowest BCUT2D eigenvalue weighted by molar-refractivity contribution is -0.146. The number of carbonyl (C=O) groups excluding carboxylic acids is 1. The average molecular weight is 271 g/mol. The van der Waals surface area contributed by atoms with E-state index in [1.807, 2.05) is 36.4 Å². The maximum atomic E-state index is 12.6. The molecular weight excluding hydrogens is 258 g/mol. The first kappa shape index (κ1) is 11.7. The Balaban J connectivity index is 1.76. The van der Waals surface area contributed by atoms with Crippen LogP contribution < -0.4 is 4.90 Å². The lowest BCUT2D eigenvalue weighted by atomic mass is 9.77. The number of nitrogens with zero attached hydrogens (tertiary/aromatic N) is 1. The summed E-state index contributed by atoms with van der Waals surface area (Å²) in [5.41, 5.74) is 0.0200. The van der Waals surface area contributed by atoms with Crippen LogP contribution >= 0.6 is 0 Å². The van der Waals surface area contributed by atoms with Gasteiger partial charge >= 0.3 is 5.97 Å². The fourth-order valence-electron chi connectivity index (χ4n) is 3.61. The molecule has 4 atom stereocenters. The van der Waals surface area contributed by atoms with Gasteiger partial charge < -0.3 is 14.7 Å². The van der Waals surface area contributed by atoms with Crippen LogP contribution in [-0.4, -0.2) is 35.2 Å². The first-order valence-electron chi connectivity index (χ1n) is 6.59. The van der Waals surface area contributed by atoms with Gasteiger partial charge in [0.1, 0.15) is 11.5 Å². The summed E-state index contributed by atoms with van der Waals surface area (Å²) in [6.07, 6.45) is 3.17. The quantitative estimate of drug-likeness (QED) is 0.817. The normalized spacial score (nSPS) is 37.5. The lowest BCUT2D eigenvalue weighted by Gasteiger charge is -2.21. The van der Waals surface area contributed by atoms with Crippen molar-refractivity contribution in [2.45, 2.75) is 11.7 Å². The van der Waals surface area contributed by atoms with Crippen LogP contribution in [0.5, 0.6) is 0 Å². The maximum absolute atomic E-state index is 12.6. The minimum atomic E-state index is -0.963. The van der Waals surface area contributed by atoms with E-state index in [1.54, 1.807) is 11.0 Å². The number of amides is 1.